The van der Waals surface area contributed by atoms with E-state index >= 15 is 0 Å². The largest absolute Gasteiger partial charge is 0.393 e. The van der Waals surface area contributed by atoms with Gasteiger partial charge in [-0.2, -0.15) is 16.3 Å². The molecule has 2 N–H and O–H groups in total. The Morgan fingerprint density at radius 3 is 3.14 bits per heavy atom. The van der Waals surface area contributed by atoms with Gasteiger partial charge in [-0.15, -0.1) is 0 Å². The Hall–Kier alpha value is -1.73. The number of aliphatic hydroxyl groups excluding tert-OH is 1. The van der Waals surface area contributed by atoms with Crippen molar-refractivity contribution in [1.29, 1.82) is 0 Å². The molecule has 3 rings (SSSR count). The van der Waals surface area contributed by atoms with Gasteiger partial charge in [0.2, 0.25) is 17.6 Å². The van der Waals surface area contributed by atoms with Gasteiger partial charge in [-0.05, 0) is 24.3 Å². The lowest BCUT2D eigenvalue weighted by molar-refractivity contribution is -0.121. The van der Waals surface area contributed by atoms with Crippen LogP contribution in [0.5, 0.6) is 0 Å². The van der Waals surface area contributed by atoms with Crippen LogP contribution in [0.25, 0.3) is 11.4 Å². The van der Waals surface area contributed by atoms with Crippen LogP contribution in [0, 0.1) is 5.92 Å². The van der Waals surface area contributed by atoms with Crippen LogP contribution in [0.1, 0.15) is 31.6 Å². The van der Waals surface area contributed by atoms with Gasteiger partial charge in [0.05, 0.1) is 6.10 Å². The van der Waals surface area contributed by atoms with E-state index in [-0.39, 0.29) is 17.9 Å². The Morgan fingerprint density at radius 1 is 1.50 bits per heavy atom. The number of carbonyl (C=O) groups is 1. The summed E-state index contributed by atoms with van der Waals surface area (Å²) in [5.74, 6) is 1.18. The van der Waals surface area contributed by atoms with Crippen LogP contribution in [0.4, 0.5) is 0 Å². The third-order valence-electron chi connectivity index (χ3n) is 3.99. The molecule has 0 spiro atoms. The molecule has 2 heterocycles. The molecule has 1 aliphatic rings. The van der Waals surface area contributed by atoms with Crippen molar-refractivity contribution >= 4 is 17.2 Å². The molecule has 1 fully saturated rings. The van der Waals surface area contributed by atoms with Gasteiger partial charge < -0.3 is 14.9 Å². The van der Waals surface area contributed by atoms with E-state index in [1.54, 1.807) is 11.3 Å². The molecule has 0 bridgehead atoms. The van der Waals surface area contributed by atoms with Gasteiger partial charge in [0, 0.05) is 36.2 Å². The normalized spacial score (nSPS) is 21.1. The van der Waals surface area contributed by atoms with E-state index in [1.165, 1.54) is 0 Å². The van der Waals surface area contributed by atoms with Gasteiger partial charge in [-0.3, -0.25) is 4.79 Å². The number of hydrogen-bond acceptors (Lipinski definition) is 6. The molecule has 0 saturated heterocycles. The molecule has 0 radical (unpaired) electrons. The number of nitrogens with zero attached hydrogens (tertiary/aromatic N) is 2. The Bertz CT molecular complexity index is 611. The Balaban J connectivity index is 1.43. The second-order valence-corrected chi connectivity index (χ2v) is 6.37. The van der Waals surface area contributed by atoms with Crippen molar-refractivity contribution in [3.8, 4) is 11.4 Å². The Labute approximate surface area is 132 Å². The standard InChI is InChI=1S/C15H19N3O3S/c19-12-3-1-2-10(12)8-16-13(20)4-5-14-17-15(18-21-14)11-6-7-22-9-11/h6-7,9-10,12,19H,1-5,8H2,(H,16,20). The topological polar surface area (TPSA) is 88.2 Å². The maximum atomic E-state index is 11.8. The minimum atomic E-state index is -0.274. The molecule has 0 aliphatic heterocycles. The highest BCUT2D eigenvalue weighted by atomic mass is 32.1. The smallest absolute Gasteiger partial charge is 0.227 e. The second-order valence-electron chi connectivity index (χ2n) is 5.59. The SMILES string of the molecule is O=C(CCc1nc(-c2ccsc2)no1)NCC1CCCC1O. The lowest BCUT2D eigenvalue weighted by Crippen LogP contribution is -2.32. The molecule has 2 atom stereocenters. The first-order chi connectivity index (χ1) is 10.7. The van der Waals surface area contributed by atoms with E-state index in [1.807, 2.05) is 16.8 Å². The van der Waals surface area contributed by atoms with Crippen LogP contribution in [0.3, 0.4) is 0 Å². The van der Waals surface area contributed by atoms with Crippen molar-refractivity contribution in [2.45, 2.75) is 38.2 Å². The van der Waals surface area contributed by atoms with Gasteiger partial charge in [0.25, 0.3) is 0 Å². The number of rotatable bonds is 6. The molecular formula is C15H19N3O3S. The minimum Gasteiger partial charge on any atom is -0.393 e. The number of hydrogen-bond donors (Lipinski definition) is 2. The second kappa shape index (κ2) is 7.02. The summed E-state index contributed by atoms with van der Waals surface area (Å²) in [6.07, 6.45) is 3.33. The number of thiophene rings is 1. The summed E-state index contributed by atoms with van der Waals surface area (Å²) in [6, 6.07) is 1.93. The number of aryl methyl sites for hydroxylation is 1. The zero-order valence-corrected chi connectivity index (χ0v) is 13.0. The lowest BCUT2D eigenvalue weighted by Gasteiger charge is -2.14. The van der Waals surface area contributed by atoms with Crippen LogP contribution >= 0.6 is 11.3 Å². The highest BCUT2D eigenvalue weighted by Crippen LogP contribution is 2.24. The number of carbonyl (C=O) groups excluding carboxylic acids is 1. The number of amides is 1. The van der Waals surface area contributed by atoms with E-state index in [4.69, 9.17) is 4.52 Å². The quantitative estimate of drug-likeness (QED) is 0.849. The average Bonchev–Trinajstić information content (AvgIpc) is 3.24. The van der Waals surface area contributed by atoms with Crippen molar-refractivity contribution in [1.82, 2.24) is 15.5 Å². The Kier molecular flexibility index (Phi) is 4.84. The molecule has 1 saturated carbocycles. The molecule has 1 aliphatic carbocycles. The van der Waals surface area contributed by atoms with Crippen molar-refractivity contribution in [2.75, 3.05) is 6.54 Å². The zero-order chi connectivity index (χ0) is 15.4. The van der Waals surface area contributed by atoms with Crippen molar-refractivity contribution in [2.24, 2.45) is 5.92 Å². The molecule has 2 aromatic rings. The fourth-order valence-corrected chi connectivity index (χ4v) is 3.31. The van der Waals surface area contributed by atoms with Crippen molar-refractivity contribution in [3.63, 3.8) is 0 Å². The van der Waals surface area contributed by atoms with E-state index in [2.05, 4.69) is 15.5 Å². The molecule has 2 unspecified atom stereocenters. The van der Waals surface area contributed by atoms with Crippen LogP contribution in [0.2, 0.25) is 0 Å². The summed E-state index contributed by atoms with van der Waals surface area (Å²) in [4.78, 5) is 16.1. The maximum Gasteiger partial charge on any atom is 0.227 e. The van der Waals surface area contributed by atoms with E-state index in [0.717, 1.165) is 24.8 Å². The van der Waals surface area contributed by atoms with E-state index < -0.39 is 0 Å². The van der Waals surface area contributed by atoms with Crippen molar-refractivity contribution < 1.29 is 14.4 Å². The summed E-state index contributed by atoms with van der Waals surface area (Å²) in [6.45, 7) is 0.546. The first-order valence-electron chi connectivity index (χ1n) is 7.52. The van der Waals surface area contributed by atoms with E-state index in [9.17, 15) is 9.90 Å². The first kappa shape index (κ1) is 15.2. The van der Waals surface area contributed by atoms with Gasteiger partial charge in [-0.25, -0.2) is 0 Å². The molecule has 22 heavy (non-hydrogen) atoms. The van der Waals surface area contributed by atoms with Gasteiger partial charge in [0.15, 0.2) is 0 Å². The summed E-state index contributed by atoms with van der Waals surface area (Å²) in [7, 11) is 0. The third-order valence-corrected chi connectivity index (χ3v) is 4.68. The average molecular weight is 321 g/mol. The van der Waals surface area contributed by atoms with Crippen LogP contribution < -0.4 is 5.32 Å². The molecule has 6 nitrogen and oxygen atoms in total. The predicted octanol–water partition coefficient (Wildman–Crippen LogP) is 2.01. The Morgan fingerprint density at radius 2 is 2.41 bits per heavy atom. The molecule has 2 aromatic heterocycles. The molecular weight excluding hydrogens is 302 g/mol. The summed E-state index contributed by atoms with van der Waals surface area (Å²) in [5.41, 5.74) is 0.930. The van der Waals surface area contributed by atoms with E-state index in [0.29, 0.717) is 31.1 Å². The predicted molar refractivity (Wildman–Crippen MR) is 82.3 cm³/mol. The van der Waals surface area contributed by atoms with Gasteiger partial charge in [-0.1, -0.05) is 11.6 Å². The van der Waals surface area contributed by atoms with Crippen LogP contribution in [-0.2, 0) is 11.2 Å². The maximum absolute atomic E-state index is 11.8. The summed E-state index contributed by atoms with van der Waals surface area (Å²) >= 11 is 1.57. The third kappa shape index (κ3) is 3.72. The van der Waals surface area contributed by atoms with Crippen LogP contribution in [-0.4, -0.2) is 33.8 Å². The molecule has 118 valence electrons. The first-order valence-corrected chi connectivity index (χ1v) is 8.46. The van der Waals surface area contributed by atoms with Gasteiger partial charge >= 0.3 is 0 Å². The highest BCUT2D eigenvalue weighted by Gasteiger charge is 2.25. The fourth-order valence-electron chi connectivity index (χ4n) is 2.67. The van der Waals surface area contributed by atoms with Crippen molar-refractivity contribution in [3.05, 3.63) is 22.7 Å². The lowest BCUT2D eigenvalue weighted by atomic mass is 10.1. The summed E-state index contributed by atoms with van der Waals surface area (Å²) < 4.78 is 5.16. The van der Waals surface area contributed by atoms with Crippen LogP contribution in [0.15, 0.2) is 21.3 Å². The molecule has 1 amide bonds. The number of aromatic nitrogens is 2. The monoisotopic (exact) mass is 321 g/mol. The number of nitrogens with one attached hydrogen (secondary N) is 1. The van der Waals surface area contributed by atoms with Gasteiger partial charge in [0.1, 0.15) is 0 Å². The minimum absolute atomic E-state index is 0.0469. The molecule has 0 aromatic carbocycles. The fraction of sp³-hybridized carbons (Fsp3) is 0.533. The highest BCUT2D eigenvalue weighted by molar-refractivity contribution is 7.08. The summed E-state index contributed by atoms with van der Waals surface area (Å²) in [5, 5.41) is 20.4. The zero-order valence-electron chi connectivity index (χ0n) is 12.2. The molecule has 7 heteroatoms. The number of aliphatic hydroxyl groups is 1.